The van der Waals surface area contributed by atoms with E-state index in [4.69, 9.17) is 14.1 Å². The lowest BCUT2D eigenvalue weighted by Crippen LogP contribution is -2.33. The first kappa shape index (κ1) is 20.5. The van der Waals surface area contributed by atoms with Crippen molar-refractivity contribution in [1.29, 1.82) is 0 Å². The summed E-state index contributed by atoms with van der Waals surface area (Å²) in [7, 11) is 1.55. The van der Waals surface area contributed by atoms with Crippen molar-refractivity contribution in [2.75, 3.05) is 20.3 Å². The Kier molecular flexibility index (Phi) is 5.56. The van der Waals surface area contributed by atoms with Gasteiger partial charge in [-0.05, 0) is 31.5 Å². The van der Waals surface area contributed by atoms with Crippen LogP contribution in [-0.4, -0.2) is 44.9 Å². The largest absolute Gasteiger partial charge is 0.470 e. The predicted octanol–water partition coefficient (Wildman–Crippen LogP) is 2.78. The minimum absolute atomic E-state index is 0.0424. The maximum absolute atomic E-state index is 13.1. The van der Waals surface area contributed by atoms with E-state index in [9.17, 15) is 18.0 Å². The Morgan fingerprint density at radius 3 is 2.80 bits per heavy atom. The van der Waals surface area contributed by atoms with Crippen LogP contribution in [-0.2, 0) is 24.0 Å². The molecule has 0 amide bonds. The van der Waals surface area contributed by atoms with E-state index >= 15 is 0 Å². The van der Waals surface area contributed by atoms with Gasteiger partial charge in [-0.3, -0.25) is 14.3 Å². The quantitative estimate of drug-likeness (QED) is 0.603. The van der Waals surface area contributed by atoms with Crippen LogP contribution in [0.5, 0.6) is 0 Å². The van der Waals surface area contributed by atoms with Crippen LogP contribution < -0.4 is 5.56 Å². The molecule has 0 aliphatic carbocycles. The minimum Gasteiger partial charge on any atom is -0.416 e. The second-order valence-corrected chi connectivity index (χ2v) is 7.06. The Labute approximate surface area is 169 Å². The SMILES string of the molecule is COCCn1c(C2CCCN2Cc2nnc(C(F)(F)F)o2)nc2ccccc2c1=O. The second kappa shape index (κ2) is 8.15. The van der Waals surface area contributed by atoms with E-state index in [0.717, 1.165) is 6.42 Å². The molecule has 1 aromatic carbocycles. The molecule has 1 aliphatic heterocycles. The van der Waals surface area contributed by atoms with Crippen molar-refractivity contribution in [1.82, 2.24) is 24.6 Å². The fourth-order valence-corrected chi connectivity index (χ4v) is 3.75. The number of halogens is 3. The number of nitrogens with zero attached hydrogens (tertiary/aromatic N) is 5. The minimum atomic E-state index is -4.68. The molecule has 4 rings (SSSR count). The standard InChI is InChI=1S/C19H20F3N5O3/c1-29-10-9-27-16(23-13-6-3-2-5-12(13)17(27)28)14-7-4-8-26(14)11-15-24-25-18(30-15)19(20,21)22/h2-3,5-6,14H,4,7-11H2,1H3. The van der Waals surface area contributed by atoms with Crippen LogP contribution in [0.4, 0.5) is 13.2 Å². The monoisotopic (exact) mass is 423 g/mol. The molecule has 0 spiro atoms. The van der Waals surface area contributed by atoms with Crippen LogP contribution in [0.25, 0.3) is 10.9 Å². The zero-order valence-corrected chi connectivity index (χ0v) is 16.2. The Morgan fingerprint density at radius 1 is 1.27 bits per heavy atom. The summed E-state index contributed by atoms with van der Waals surface area (Å²) in [5.74, 6) is -0.932. The van der Waals surface area contributed by atoms with E-state index < -0.39 is 12.1 Å². The molecule has 1 unspecified atom stereocenters. The Balaban J connectivity index is 1.69. The molecule has 2 aromatic heterocycles. The number of ether oxygens (including phenoxy) is 1. The average Bonchev–Trinajstić information content (AvgIpc) is 3.37. The number of hydrogen-bond acceptors (Lipinski definition) is 7. The van der Waals surface area contributed by atoms with Crippen LogP contribution in [0.3, 0.4) is 0 Å². The summed E-state index contributed by atoms with van der Waals surface area (Å²) in [6, 6.07) is 6.82. The summed E-state index contributed by atoms with van der Waals surface area (Å²) >= 11 is 0. The van der Waals surface area contributed by atoms with Crippen LogP contribution >= 0.6 is 0 Å². The van der Waals surface area contributed by atoms with Crippen molar-refractivity contribution < 1.29 is 22.3 Å². The van der Waals surface area contributed by atoms with E-state index in [1.54, 1.807) is 29.9 Å². The van der Waals surface area contributed by atoms with Gasteiger partial charge in [0.05, 0.1) is 36.6 Å². The number of fused-ring (bicyclic) bond motifs is 1. The molecule has 0 radical (unpaired) electrons. The highest BCUT2D eigenvalue weighted by atomic mass is 19.4. The lowest BCUT2D eigenvalue weighted by molar-refractivity contribution is -0.157. The summed E-state index contributed by atoms with van der Waals surface area (Å²) < 4.78 is 49.8. The lowest BCUT2D eigenvalue weighted by atomic mass is 10.1. The number of aromatic nitrogens is 4. The molecule has 0 bridgehead atoms. The Morgan fingerprint density at radius 2 is 2.07 bits per heavy atom. The summed E-state index contributed by atoms with van der Waals surface area (Å²) in [4.78, 5) is 19.7. The molecule has 3 heterocycles. The van der Waals surface area contributed by atoms with E-state index in [-0.39, 0.29) is 24.0 Å². The third-order valence-corrected chi connectivity index (χ3v) is 5.12. The number of likely N-dealkylation sites (tertiary alicyclic amines) is 1. The first-order chi connectivity index (χ1) is 14.4. The summed E-state index contributed by atoms with van der Waals surface area (Å²) in [5.41, 5.74) is 0.409. The number of alkyl halides is 3. The smallest absolute Gasteiger partial charge is 0.416 e. The summed E-state index contributed by atoms with van der Waals surface area (Å²) in [6.07, 6.45) is -3.17. The first-order valence-electron chi connectivity index (χ1n) is 9.50. The maximum Gasteiger partial charge on any atom is 0.470 e. The van der Waals surface area contributed by atoms with Gasteiger partial charge in [-0.25, -0.2) is 4.98 Å². The lowest BCUT2D eigenvalue weighted by Gasteiger charge is -2.25. The van der Waals surface area contributed by atoms with Crippen molar-refractivity contribution in [3.05, 3.63) is 52.2 Å². The third kappa shape index (κ3) is 3.94. The van der Waals surface area contributed by atoms with Gasteiger partial charge in [0.1, 0.15) is 5.82 Å². The van der Waals surface area contributed by atoms with E-state index in [1.807, 2.05) is 11.0 Å². The van der Waals surface area contributed by atoms with Gasteiger partial charge in [0, 0.05) is 7.11 Å². The van der Waals surface area contributed by atoms with Gasteiger partial charge in [-0.1, -0.05) is 12.1 Å². The van der Waals surface area contributed by atoms with E-state index in [2.05, 4.69) is 10.2 Å². The highest BCUT2D eigenvalue weighted by Crippen LogP contribution is 2.33. The molecule has 1 atom stereocenters. The zero-order valence-electron chi connectivity index (χ0n) is 16.2. The summed E-state index contributed by atoms with van der Waals surface area (Å²) in [5, 5.41) is 7.12. The normalized spacial score (nSPS) is 17.8. The molecule has 0 saturated carbocycles. The molecular formula is C19H20F3N5O3. The Bertz CT molecular complexity index is 1090. The number of methoxy groups -OCH3 is 1. The van der Waals surface area contributed by atoms with Crippen molar-refractivity contribution >= 4 is 10.9 Å². The predicted molar refractivity (Wildman–Crippen MR) is 99.6 cm³/mol. The zero-order chi connectivity index (χ0) is 21.3. The first-order valence-corrected chi connectivity index (χ1v) is 9.50. The molecule has 160 valence electrons. The van der Waals surface area contributed by atoms with Crippen LogP contribution in [0.15, 0.2) is 33.5 Å². The van der Waals surface area contributed by atoms with Gasteiger partial charge in [-0.15, -0.1) is 10.2 Å². The van der Waals surface area contributed by atoms with Crippen LogP contribution in [0.1, 0.15) is 36.5 Å². The second-order valence-electron chi connectivity index (χ2n) is 7.06. The van der Waals surface area contributed by atoms with Gasteiger partial charge in [-0.2, -0.15) is 13.2 Å². The van der Waals surface area contributed by atoms with E-state index in [1.165, 1.54) is 0 Å². The molecule has 0 N–H and O–H groups in total. The molecule has 8 nitrogen and oxygen atoms in total. The van der Waals surface area contributed by atoms with Crippen molar-refractivity contribution in [3.8, 4) is 0 Å². The van der Waals surface area contributed by atoms with E-state index in [0.29, 0.717) is 42.8 Å². The Hall–Kier alpha value is -2.79. The van der Waals surface area contributed by atoms with Gasteiger partial charge in [0.2, 0.25) is 5.89 Å². The number of hydrogen-bond donors (Lipinski definition) is 0. The number of para-hydroxylation sites is 1. The molecule has 3 aromatic rings. The van der Waals surface area contributed by atoms with Crippen LogP contribution in [0.2, 0.25) is 0 Å². The molecular weight excluding hydrogens is 403 g/mol. The van der Waals surface area contributed by atoms with Crippen molar-refractivity contribution in [2.45, 2.75) is 38.1 Å². The maximum atomic E-state index is 13.1. The number of rotatable bonds is 6. The highest BCUT2D eigenvalue weighted by molar-refractivity contribution is 5.77. The summed E-state index contributed by atoms with van der Waals surface area (Å²) in [6.45, 7) is 1.31. The topological polar surface area (TPSA) is 86.3 Å². The van der Waals surface area contributed by atoms with Gasteiger partial charge in [0.25, 0.3) is 5.56 Å². The third-order valence-electron chi connectivity index (χ3n) is 5.12. The van der Waals surface area contributed by atoms with Crippen LogP contribution in [0, 0.1) is 0 Å². The fraction of sp³-hybridized carbons (Fsp3) is 0.474. The fourth-order valence-electron chi connectivity index (χ4n) is 3.75. The highest BCUT2D eigenvalue weighted by Gasteiger charge is 2.39. The van der Waals surface area contributed by atoms with Gasteiger partial charge in [0.15, 0.2) is 0 Å². The molecule has 30 heavy (non-hydrogen) atoms. The van der Waals surface area contributed by atoms with Gasteiger partial charge < -0.3 is 9.15 Å². The molecule has 11 heteroatoms. The molecule has 1 fully saturated rings. The molecule has 1 saturated heterocycles. The average molecular weight is 423 g/mol. The van der Waals surface area contributed by atoms with Crippen molar-refractivity contribution in [2.24, 2.45) is 0 Å². The van der Waals surface area contributed by atoms with Crippen molar-refractivity contribution in [3.63, 3.8) is 0 Å². The van der Waals surface area contributed by atoms with Gasteiger partial charge >= 0.3 is 12.1 Å². The number of benzene rings is 1. The molecule has 1 aliphatic rings.